The summed E-state index contributed by atoms with van der Waals surface area (Å²) in [6, 6.07) is 10.6. The zero-order valence-electron chi connectivity index (χ0n) is 11.8. The molecule has 2 bridgehead atoms. The highest BCUT2D eigenvalue weighted by atomic mass is 16.2. The minimum absolute atomic E-state index is 0.330. The van der Waals surface area contributed by atoms with Gasteiger partial charge >= 0.3 is 0 Å². The molecule has 4 aliphatic rings. The topological polar surface area (TPSA) is 32.3 Å². The summed E-state index contributed by atoms with van der Waals surface area (Å²) in [5, 5.41) is 3.54. The third-order valence-electron chi connectivity index (χ3n) is 5.59. The first kappa shape index (κ1) is 12.4. The van der Waals surface area contributed by atoms with Gasteiger partial charge in [-0.2, -0.15) is 0 Å². The summed E-state index contributed by atoms with van der Waals surface area (Å²) in [6.07, 6.45) is 3.10. The van der Waals surface area contributed by atoms with Crippen molar-refractivity contribution >= 4 is 5.91 Å². The van der Waals surface area contributed by atoms with E-state index in [2.05, 4.69) is 22.3 Å². The Kier molecular flexibility index (Phi) is 3.03. The van der Waals surface area contributed by atoms with Crippen molar-refractivity contribution in [2.24, 2.45) is 17.8 Å². The molecule has 5 rings (SSSR count). The largest absolute Gasteiger partial charge is 0.339 e. The molecule has 0 radical (unpaired) electrons. The van der Waals surface area contributed by atoms with Crippen LogP contribution in [0.3, 0.4) is 0 Å². The molecule has 1 aliphatic carbocycles. The van der Waals surface area contributed by atoms with Gasteiger partial charge in [-0.3, -0.25) is 4.79 Å². The first-order valence-corrected chi connectivity index (χ1v) is 7.87. The van der Waals surface area contributed by atoms with E-state index in [-0.39, 0.29) is 0 Å². The average molecular weight is 270 g/mol. The molecule has 3 nitrogen and oxygen atoms in total. The van der Waals surface area contributed by atoms with Crippen molar-refractivity contribution in [1.29, 1.82) is 0 Å². The summed E-state index contributed by atoms with van der Waals surface area (Å²) in [6.45, 7) is 3.28. The molecule has 3 aliphatic heterocycles. The van der Waals surface area contributed by atoms with Gasteiger partial charge in [0.15, 0.2) is 0 Å². The maximum absolute atomic E-state index is 12.7. The summed E-state index contributed by atoms with van der Waals surface area (Å²) in [5.41, 5.74) is 1.14. The van der Waals surface area contributed by atoms with Gasteiger partial charge in [0.1, 0.15) is 0 Å². The van der Waals surface area contributed by atoms with E-state index in [1.807, 2.05) is 18.2 Å². The van der Waals surface area contributed by atoms with Gasteiger partial charge in [0, 0.05) is 19.1 Å². The molecule has 0 spiro atoms. The van der Waals surface area contributed by atoms with E-state index < -0.39 is 0 Å². The number of nitrogens with zero attached hydrogens (tertiary/aromatic N) is 1. The van der Waals surface area contributed by atoms with Crippen molar-refractivity contribution in [3.05, 3.63) is 35.9 Å². The van der Waals surface area contributed by atoms with Gasteiger partial charge in [-0.25, -0.2) is 0 Å². The number of benzene rings is 1. The molecule has 3 heterocycles. The molecule has 4 atom stereocenters. The molecule has 1 aromatic rings. The highest BCUT2D eigenvalue weighted by Gasteiger charge is 2.50. The monoisotopic (exact) mass is 270 g/mol. The Morgan fingerprint density at radius 3 is 2.80 bits per heavy atom. The lowest BCUT2D eigenvalue weighted by molar-refractivity contribution is -0.142. The lowest BCUT2D eigenvalue weighted by Crippen LogP contribution is -2.59. The molecule has 3 heteroatoms. The molecule has 0 unspecified atom stereocenters. The third kappa shape index (κ3) is 1.96. The van der Waals surface area contributed by atoms with Crippen molar-refractivity contribution in [2.75, 3.05) is 19.6 Å². The highest BCUT2D eigenvalue weighted by molar-refractivity contribution is 5.79. The molecule has 106 valence electrons. The van der Waals surface area contributed by atoms with Crippen LogP contribution in [0.5, 0.6) is 0 Å². The Bertz CT molecular complexity index is 501. The minimum Gasteiger partial charge on any atom is -0.339 e. The predicted molar refractivity (Wildman–Crippen MR) is 78.2 cm³/mol. The first-order valence-electron chi connectivity index (χ1n) is 7.87. The lowest BCUT2D eigenvalue weighted by atomic mass is 9.66. The van der Waals surface area contributed by atoms with Crippen LogP contribution < -0.4 is 5.32 Å². The number of amides is 1. The van der Waals surface area contributed by atoms with Crippen LogP contribution in [0.2, 0.25) is 0 Å². The summed E-state index contributed by atoms with van der Waals surface area (Å²) < 4.78 is 0. The van der Waals surface area contributed by atoms with Crippen LogP contribution in [0.4, 0.5) is 0 Å². The van der Waals surface area contributed by atoms with Gasteiger partial charge in [-0.1, -0.05) is 30.3 Å². The summed E-state index contributed by atoms with van der Waals surface area (Å²) >= 11 is 0. The average Bonchev–Trinajstić information content (AvgIpc) is 3.00. The molecule has 1 amide bonds. The van der Waals surface area contributed by atoms with Crippen molar-refractivity contribution in [3.8, 4) is 0 Å². The van der Waals surface area contributed by atoms with E-state index in [0.717, 1.165) is 30.5 Å². The van der Waals surface area contributed by atoms with Crippen LogP contribution in [0.25, 0.3) is 0 Å². The second-order valence-electron chi connectivity index (χ2n) is 6.60. The Morgan fingerprint density at radius 2 is 1.95 bits per heavy atom. The number of nitrogens with one attached hydrogen (secondary N) is 1. The fourth-order valence-corrected chi connectivity index (χ4v) is 4.63. The van der Waals surface area contributed by atoms with Gasteiger partial charge < -0.3 is 10.2 Å². The molecular formula is C17H22N2O. The number of carbonyl (C=O) groups is 1. The molecule has 1 saturated carbocycles. The van der Waals surface area contributed by atoms with E-state index >= 15 is 0 Å². The van der Waals surface area contributed by atoms with E-state index in [0.29, 0.717) is 24.3 Å². The highest BCUT2D eigenvalue weighted by Crippen LogP contribution is 2.45. The second-order valence-corrected chi connectivity index (χ2v) is 6.60. The molecule has 1 N–H and O–H groups in total. The Hall–Kier alpha value is -1.35. The number of carbonyl (C=O) groups excluding carboxylic acids is 1. The van der Waals surface area contributed by atoms with Crippen LogP contribution in [-0.4, -0.2) is 36.5 Å². The van der Waals surface area contributed by atoms with E-state index in [9.17, 15) is 4.79 Å². The third-order valence-corrected chi connectivity index (χ3v) is 5.59. The van der Waals surface area contributed by atoms with Gasteiger partial charge in [-0.05, 0) is 42.7 Å². The van der Waals surface area contributed by atoms with Crippen LogP contribution >= 0.6 is 0 Å². The van der Waals surface area contributed by atoms with E-state index in [1.165, 1.54) is 19.4 Å². The molecule has 3 saturated heterocycles. The maximum Gasteiger partial charge on any atom is 0.227 e. The zero-order valence-corrected chi connectivity index (χ0v) is 11.8. The van der Waals surface area contributed by atoms with Crippen molar-refractivity contribution in [1.82, 2.24) is 10.2 Å². The van der Waals surface area contributed by atoms with Crippen LogP contribution in [-0.2, 0) is 11.2 Å². The Balaban J connectivity index is 1.50. The van der Waals surface area contributed by atoms with Gasteiger partial charge in [0.05, 0.1) is 6.42 Å². The first-order chi connectivity index (χ1) is 9.83. The van der Waals surface area contributed by atoms with Crippen molar-refractivity contribution in [3.63, 3.8) is 0 Å². The smallest absolute Gasteiger partial charge is 0.227 e. The number of hydrogen-bond acceptors (Lipinski definition) is 2. The summed E-state index contributed by atoms with van der Waals surface area (Å²) in [7, 11) is 0. The van der Waals surface area contributed by atoms with Gasteiger partial charge in [0.2, 0.25) is 5.91 Å². The number of piperidine rings is 2. The van der Waals surface area contributed by atoms with Crippen molar-refractivity contribution < 1.29 is 4.79 Å². The Labute approximate surface area is 120 Å². The fourth-order valence-electron chi connectivity index (χ4n) is 4.63. The standard InChI is InChI=1S/C17H22N2O/c20-17(8-12-4-2-1-3-5-12)19-11-13-6-7-16(19)15-10-18-9-14(13)15/h1-5,13-16,18H,6-11H2/t13-,14-,15+,16+/m1/s1. The fraction of sp³-hybridized carbons (Fsp3) is 0.588. The SMILES string of the molecule is O=C(Cc1ccccc1)N1C[C@H]2CC[C@H]1[C@H]1CNC[C@H]21. The Morgan fingerprint density at radius 1 is 1.15 bits per heavy atom. The zero-order chi connectivity index (χ0) is 13.5. The number of rotatable bonds is 2. The van der Waals surface area contributed by atoms with Gasteiger partial charge in [0.25, 0.3) is 0 Å². The molecule has 1 aromatic carbocycles. The van der Waals surface area contributed by atoms with E-state index in [4.69, 9.17) is 0 Å². The molecule has 20 heavy (non-hydrogen) atoms. The van der Waals surface area contributed by atoms with Gasteiger partial charge in [-0.15, -0.1) is 0 Å². The maximum atomic E-state index is 12.7. The quantitative estimate of drug-likeness (QED) is 0.887. The number of fused-ring (bicyclic) bond motifs is 2. The summed E-state index contributed by atoms with van der Waals surface area (Å²) in [5.74, 6) is 2.60. The predicted octanol–water partition coefficient (Wildman–Crippen LogP) is 1.69. The molecule has 4 fully saturated rings. The van der Waals surface area contributed by atoms with E-state index in [1.54, 1.807) is 0 Å². The van der Waals surface area contributed by atoms with Crippen LogP contribution in [0, 0.1) is 17.8 Å². The second kappa shape index (κ2) is 4.88. The lowest BCUT2D eigenvalue weighted by Gasteiger charge is -2.52. The molecule has 0 aromatic heterocycles. The normalized spacial score (nSPS) is 35.1. The minimum atomic E-state index is 0.330. The summed E-state index contributed by atoms with van der Waals surface area (Å²) in [4.78, 5) is 14.9. The molecular weight excluding hydrogens is 248 g/mol. The van der Waals surface area contributed by atoms with Crippen molar-refractivity contribution in [2.45, 2.75) is 25.3 Å². The van der Waals surface area contributed by atoms with Crippen LogP contribution in [0.15, 0.2) is 30.3 Å². The number of hydrogen-bond donors (Lipinski definition) is 1. The van der Waals surface area contributed by atoms with Crippen LogP contribution in [0.1, 0.15) is 18.4 Å².